The van der Waals surface area contributed by atoms with E-state index >= 15 is 0 Å². The fourth-order valence-electron chi connectivity index (χ4n) is 4.12. The molecule has 1 aliphatic rings. The first-order valence-corrected chi connectivity index (χ1v) is 16.1. The zero-order valence-electron chi connectivity index (χ0n) is 21.8. The number of aliphatic hydroxyl groups excluding tert-OH is 1. The van der Waals surface area contributed by atoms with Gasteiger partial charge in [-0.1, -0.05) is 43.9 Å². The van der Waals surface area contributed by atoms with Crippen molar-refractivity contribution in [2.75, 3.05) is 25.1 Å². The van der Waals surface area contributed by atoms with E-state index in [0.29, 0.717) is 17.1 Å². The van der Waals surface area contributed by atoms with E-state index in [-0.39, 0.29) is 12.6 Å². The molecule has 3 heterocycles. The van der Waals surface area contributed by atoms with Gasteiger partial charge < -0.3 is 19.9 Å². The lowest BCUT2D eigenvalue weighted by atomic mass is 10.1. The van der Waals surface area contributed by atoms with Crippen molar-refractivity contribution < 1.29 is 14.6 Å². The quantitative estimate of drug-likeness (QED) is 0.364. The summed E-state index contributed by atoms with van der Waals surface area (Å²) in [5, 5.41) is 25.0. The zero-order chi connectivity index (χ0) is 25.9. The maximum atomic E-state index is 9.50. The third kappa shape index (κ3) is 6.11. The molecule has 1 fully saturated rings. The maximum Gasteiger partial charge on any atom is 0.162 e. The van der Waals surface area contributed by atoms with E-state index < -0.39 is 14.2 Å². The Morgan fingerprint density at radius 3 is 2.67 bits per heavy atom. The summed E-state index contributed by atoms with van der Waals surface area (Å²) in [5.74, 6) is 1.98. The van der Waals surface area contributed by atoms with Gasteiger partial charge in [-0.25, -0.2) is 9.97 Å². The lowest BCUT2D eigenvalue weighted by Crippen LogP contribution is -2.30. The summed E-state index contributed by atoms with van der Waals surface area (Å²) in [7, 11) is -1.53. The van der Waals surface area contributed by atoms with Gasteiger partial charge in [0.1, 0.15) is 29.6 Å². The predicted octanol–water partition coefficient (Wildman–Crippen LogP) is 4.38. The van der Waals surface area contributed by atoms with Crippen LogP contribution in [0, 0.1) is 13.8 Å². The highest BCUT2D eigenvalue weighted by atomic mass is 28.3. The van der Waals surface area contributed by atoms with E-state index in [4.69, 9.17) is 19.4 Å². The van der Waals surface area contributed by atoms with Crippen LogP contribution in [0.25, 0.3) is 22.8 Å². The minimum Gasteiger partial charge on any atom is -0.491 e. The summed E-state index contributed by atoms with van der Waals surface area (Å²) in [4.78, 5) is 9.94. The Morgan fingerprint density at radius 1 is 1.22 bits per heavy atom. The molecule has 3 N–H and O–H groups in total. The summed E-state index contributed by atoms with van der Waals surface area (Å²) >= 11 is 0. The van der Waals surface area contributed by atoms with E-state index in [1.807, 2.05) is 31.2 Å². The molecule has 0 amide bonds. The molecule has 1 saturated heterocycles. The Bertz CT molecular complexity index is 1170. The number of nitrogens with zero attached hydrogens (tertiary/aromatic N) is 4. The van der Waals surface area contributed by atoms with E-state index in [2.05, 4.69) is 54.2 Å². The molecule has 36 heavy (non-hydrogen) atoms. The Kier molecular flexibility index (Phi) is 8.06. The zero-order valence-corrected chi connectivity index (χ0v) is 22.8. The number of nitrogens with one attached hydrogen (secondary N) is 2. The molecule has 2 unspecified atom stereocenters. The highest BCUT2D eigenvalue weighted by Crippen LogP contribution is 2.35. The van der Waals surface area contributed by atoms with Crippen LogP contribution in [0.4, 0.5) is 5.82 Å². The van der Waals surface area contributed by atoms with Gasteiger partial charge in [0.2, 0.25) is 0 Å². The lowest BCUT2D eigenvalue weighted by Gasteiger charge is -2.26. The van der Waals surface area contributed by atoms with Crippen molar-refractivity contribution in [2.45, 2.75) is 64.0 Å². The topological polar surface area (TPSA) is 118 Å². The van der Waals surface area contributed by atoms with Gasteiger partial charge >= 0.3 is 0 Å². The highest BCUT2D eigenvalue weighted by Gasteiger charge is 2.30. The summed E-state index contributed by atoms with van der Waals surface area (Å²) in [6, 6.07) is 7.84. The molecule has 193 valence electrons. The number of aromatic nitrogens is 5. The number of hydrogen-bond donors (Lipinski definition) is 3. The third-order valence-corrected chi connectivity index (χ3v) is 9.66. The molecule has 0 aliphatic carbocycles. The van der Waals surface area contributed by atoms with Crippen molar-refractivity contribution >= 4 is 13.9 Å². The van der Waals surface area contributed by atoms with Crippen molar-refractivity contribution in [3.8, 4) is 28.5 Å². The second-order valence-electron chi connectivity index (χ2n) is 10.6. The molecule has 9 nitrogen and oxygen atoms in total. The summed E-state index contributed by atoms with van der Waals surface area (Å²) in [5.41, 5.74) is 4.62. The van der Waals surface area contributed by atoms with Crippen LogP contribution in [-0.2, 0) is 4.74 Å². The van der Waals surface area contributed by atoms with E-state index in [0.717, 1.165) is 60.1 Å². The minimum absolute atomic E-state index is 0.108. The van der Waals surface area contributed by atoms with Crippen molar-refractivity contribution in [3.05, 3.63) is 42.4 Å². The first kappa shape index (κ1) is 26.2. The Balaban J connectivity index is 1.80. The van der Waals surface area contributed by atoms with Crippen LogP contribution < -0.4 is 10.1 Å². The Hall–Kier alpha value is -2.82. The molecule has 0 saturated carbocycles. The highest BCUT2D eigenvalue weighted by molar-refractivity contribution is 6.77. The van der Waals surface area contributed by atoms with Crippen molar-refractivity contribution in [1.82, 2.24) is 25.4 Å². The number of aromatic amines is 1. The van der Waals surface area contributed by atoms with Gasteiger partial charge in [0.25, 0.3) is 0 Å². The van der Waals surface area contributed by atoms with Crippen molar-refractivity contribution in [3.63, 3.8) is 0 Å². The molecular weight excluding hydrogens is 472 g/mol. The number of ether oxygens (including phenoxy) is 2. The third-order valence-electron chi connectivity index (χ3n) is 6.77. The summed E-state index contributed by atoms with van der Waals surface area (Å²) in [6.07, 6.45) is 1.05. The van der Waals surface area contributed by atoms with E-state index in [9.17, 15) is 5.11 Å². The average Bonchev–Trinajstić information content (AvgIpc) is 3.33. The molecule has 2 aromatic heterocycles. The maximum absolute atomic E-state index is 9.50. The lowest BCUT2D eigenvalue weighted by molar-refractivity contribution is 0.0904. The van der Waals surface area contributed by atoms with Crippen LogP contribution in [0.2, 0.25) is 19.6 Å². The molecule has 0 bridgehead atoms. The van der Waals surface area contributed by atoms with Crippen LogP contribution in [0.1, 0.15) is 36.6 Å². The SMILES string of the molecule is [CH2]C(O)COc1cccc(-c2nc(NC3CCOCC3)c(C)c(-c3nn[nH]c3C(C)[Si](C)(C)C)n2)c1. The van der Waals surface area contributed by atoms with Crippen LogP contribution >= 0.6 is 0 Å². The number of H-pyrrole nitrogens is 1. The standard InChI is InChI=1S/C26H37N6O3Si/c1-16(33)15-35-21-9-7-8-19(14-21)26-28-22(24-23(30-32-31-24)18(3)36(4,5)6)17(2)25(29-26)27-20-10-12-34-13-11-20/h7-9,14,16,18,20,33H,1,10-13,15H2,2-6H3,(H,27,28,29)(H,30,31,32). The largest absolute Gasteiger partial charge is 0.491 e. The molecule has 1 aliphatic heterocycles. The number of rotatable bonds is 9. The Labute approximate surface area is 214 Å². The molecule has 0 spiro atoms. The number of anilines is 1. The average molecular weight is 510 g/mol. The smallest absolute Gasteiger partial charge is 0.162 e. The number of benzene rings is 1. The molecule has 10 heteroatoms. The second-order valence-corrected chi connectivity index (χ2v) is 16.2. The van der Waals surface area contributed by atoms with Crippen LogP contribution in [0.5, 0.6) is 5.75 Å². The van der Waals surface area contributed by atoms with Gasteiger partial charge in [-0.05, 0) is 44.4 Å². The van der Waals surface area contributed by atoms with Crippen LogP contribution in [0.15, 0.2) is 24.3 Å². The number of hydrogen-bond acceptors (Lipinski definition) is 8. The monoisotopic (exact) mass is 509 g/mol. The molecule has 1 radical (unpaired) electrons. The first-order chi connectivity index (χ1) is 17.1. The minimum atomic E-state index is -1.53. The summed E-state index contributed by atoms with van der Waals surface area (Å²) < 4.78 is 11.2. The summed E-state index contributed by atoms with van der Waals surface area (Å²) in [6.45, 7) is 16.4. The molecule has 1 aromatic carbocycles. The van der Waals surface area contributed by atoms with E-state index in [1.54, 1.807) is 0 Å². The predicted molar refractivity (Wildman–Crippen MR) is 144 cm³/mol. The fraction of sp³-hybridized carbons (Fsp3) is 0.500. The van der Waals surface area contributed by atoms with Gasteiger partial charge in [-0.15, -0.1) is 5.10 Å². The van der Waals surface area contributed by atoms with Crippen molar-refractivity contribution in [2.24, 2.45) is 0 Å². The molecular formula is C26H37N6O3Si. The van der Waals surface area contributed by atoms with Gasteiger partial charge in [0, 0.05) is 30.4 Å². The van der Waals surface area contributed by atoms with Crippen LogP contribution in [-0.4, -0.2) is 70.5 Å². The van der Waals surface area contributed by atoms with Crippen molar-refractivity contribution in [1.29, 1.82) is 0 Å². The van der Waals surface area contributed by atoms with Crippen LogP contribution in [0.3, 0.4) is 0 Å². The van der Waals surface area contributed by atoms with Gasteiger partial charge in [0.05, 0.1) is 19.9 Å². The van der Waals surface area contributed by atoms with Gasteiger partial charge in [-0.2, -0.15) is 0 Å². The molecule has 2 atom stereocenters. The normalized spacial score (nSPS) is 16.5. The molecule has 4 rings (SSSR count). The Morgan fingerprint density at radius 2 is 1.97 bits per heavy atom. The first-order valence-electron chi connectivity index (χ1n) is 12.5. The fourth-order valence-corrected chi connectivity index (χ4v) is 5.18. The van der Waals surface area contributed by atoms with Gasteiger partial charge in [-0.3, -0.25) is 5.10 Å². The van der Waals surface area contributed by atoms with E-state index in [1.165, 1.54) is 0 Å². The molecule has 3 aromatic rings. The van der Waals surface area contributed by atoms with Gasteiger partial charge in [0.15, 0.2) is 5.82 Å². The second kappa shape index (κ2) is 11.1. The number of aliphatic hydroxyl groups is 1.